The van der Waals surface area contributed by atoms with Gasteiger partial charge in [-0.1, -0.05) is 19.1 Å². The van der Waals surface area contributed by atoms with Crippen molar-refractivity contribution in [1.82, 2.24) is 0 Å². The maximum Gasteiger partial charge on any atom is 0.216 e. The molecule has 2 unspecified atom stereocenters. The monoisotopic (exact) mass is 219 g/mol. The number of ether oxygens (including phenoxy) is 1. The zero-order valence-corrected chi connectivity index (χ0v) is 9.68. The fourth-order valence-electron chi connectivity index (χ4n) is 1.69. The van der Waals surface area contributed by atoms with Gasteiger partial charge in [0.1, 0.15) is 6.61 Å². The minimum atomic E-state index is 0.174. The van der Waals surface area contributed by atoms with Gasteiger partial charge < -0.3 is 9.84 Å². The molecule has 0 fully saturated rings. The van der Waals surface area contributed by atoms with E-state index >= 15 is 0 Å². The molecule has 2 atom stereocenters. The lowest BCUT2D eigenvalue weighted by Gasteiger charge is -2.08. The van der Waals surface area contributed by atoms with Crippen LogP contribution in [0.2, 0.25) is 0 Å². The Kier molecular flexibility index (Phi) is 3.25. The van der Waals surface area contributed by atoms with Crippen molar-refractivity contribution in [2.24, 2.45) is 4.99 Å². The molecule has 0 amide bonds. The summed E-state index contributed by atoms with van der Waals surface area (Å²) in [4.78, 5) is 4.40. The van der Waals surface area contributed by atoms with Crippen molar-refractivity contribution in [2.45, 2.75) is 25.8 Å². The first-order valence-corrected chi connectivity index (χ1v) is 5.62. The number of hydrogen-bond acceptors (Lipinski definition) is 3. The summed E-state index contributed by atoms with van der Waals surface area (Å²) in [5.74, 6) is 0.912. The zero-order valence-electron chi connectivity index (χ0n) is 9.68. The maximum absolute atomic E-state index is 9.06. The summed E-state index contributed by atoms with van der Waals surface area (Å²) in [7, 11) is 0. The van der Waals surface area contributed by atoms with Crippen molar-refractivity contribution in [3.63, 3.8) is 0 Å². The lowest BCUT2D eigenvalue weighted by molar-refractivity contribution is 0.273. The van der Waals surface area contributed by atoms with E-state index in [2.05, 4.69) is 4.99 Å². The van der Waals surface area contributed by atoms with Gasteiger partial charge in [0.05, 0.1) is 6.04 Å². The molecular weight excluding hydrogens is 202 g/mol. The molecule has 0 saturated carbocycles. The Bertz CT molecular complexity index is 383. The van der Waals surface area contributed by atoms with Gasteiger partial charge in [0.25, 0.3) is 0 Å². The lowest BCUT2D eigenvalue weighted by atomic mass is 10.0. The molecule has 3 nitrogen and oxygen atoms in total. The van der Waals surface area contributed by atoms with Crippen LogP contribution in [0.1, 0.15) is 30.9 Å². The first-order chi connectivity index (χ1) is 7.70. The summed E-state index contributed by atoms with van der Waals surface area (Å²) in [5.41, 5.74) is 2.15. The molecule has 16 heavy (non-hydrogen) atoms. The van der Waals surface area contributed by atoms with Gasteiger partial charge in [0.2, 0.25) is 5.90 Å². The van der Waals surface area contributed by atoms with Crippen LogP contribution in [0.3, 0.4) is 0 Å². The summed E-state index contributed by atoms with van der Waals surface area (Å²) in [6, 6.07) is 8.29. The molecule has 2 rings (SSSR count). The van der Waals surface area contributed by atoms with E-state index in [-0.39, 0.29) is 18.6 Å². The van der Waals surface area contributed by atoms with Crippen LogP contribution in [0.15, 0.2) is 29.3 Å². The molecule has 0 spiro atoms. The van der Waals surface area contributed by atoms with Crippen molar-refractivity contribution >= 4 is 5.90 Å². The van der Waals surface area contributed by atoms with Gasteiger partial charge in [0, 0.05) is 18.1 Å². The molecule has 1 aliphatic rings. The molecule has 86 valence electrons. The van der Waals surface area contributed by atoms with Gasteiger partial charge in [0.15, 0.2) is 0 Å². The van der Waals surface area contributed by atoms with Crippen molar-refractivity contribution in [3.8, 4) is 0 Å². The number of benzene rings is 1. The zero-order chi connectivity index (χ0) is 11.5. The van der Waals surface area contributed by atoms with Gasteiger partial charge in [-0.2, -0.15) is 0 Å². The minimum Gasteiger partial charge on any atom is -0.475 e. The highest BCUT2D eigenvalue weighted by Gasteiger charge is 2.16. The fraction of sp³-hybridized carbons (Fsp3) is 0.462. The van der Waals surface area contributed by atoms with Gasteiger partial charge in [-0.25, -0.2) is 4.99 Å². The molecule has 3 heteroatoms. The number of aliphatic hydroxyl groups is 1. The highest BCUT2D eigenvalue weighted by Crippen LogP contribution is 2.17. The molecule has 0 saturated heterocycles. The number of aliphatic hydroxyl groups excluding tert-OH is 1. The van der Waals surface area contributed by atoms with Gasteiger partial charge in [-0.3, -0.25) is 0 Å². The highest BCUT2D eigenvalue weighted by molar-refractivity contribution is 5.95. The fourth-order valence-corrected chi connectivity index (χ4v) is 1.69. The topological polar surface area (TPSA) is 41.8 Å². The predicted molar refractivity (Wildman–Crippen MR) is 63.9 cm³/mol. The second kappa shape index (κ2) is 4.66. The first-order valence-electron chi connectivity index (χ1n) is 5.62. The Labute approximate surface area is 95.8 Å². The van der Waals surface area contributed by atoms with Gasteiger partial charge >= 0.3 is 0 Å². The Morgan fingerprint density at radius 1 is 1.44 bits per heavy atom. The average molecular weight is 219 g/mol. The molecular formula is C13H17NO2. The number of hydrogen-bond donors (Lipinski definition) is 1. The van der Waals surface area contributed by atoms with Crippen molar-refractivity contribution in [2.75, 3.05) is 13.2 Å². The molecule has 1 aliphatic heterocycles. The third-order valence-corrected chi connectivity index (χ3v) is 2.80. The number of aliphatic imine (C=N–C) groups is 1. The van der Waals surface area contributed by atoms with Crippen LogP contribution in [0.5, 0.6) is 0 Å². The maximum atomic E-state index is 9.06. The van der Waals surface area contributed by atoms with E-state index in [0.29, 0.717) is 6.61 Å². The van der Waals surface area contributed by atoms with Crippen LogP contribution >= 0.6 is 0 Å². The quantitative estimate of drug-likeness (QED) is 0.844. The second-order valence-corrected chi connectivity index (χ2v) is 4.30. The van der Waals surface area contributed by atoms with E-state index in [1.54, 1.807) is 0 Å². The third kappa shape index (κ3) is 2.25. The molecule has 1 heterocycles. The molecule has 1 aromatic rings. The van der Waals surface area contributed by atoms with E-state index in [4.69, 9.17) is 9.84 Å². The summed E-state index contributed by atoms with van der Waals surface area (Å²) in [5, 5.41) is 9.06. The minimum absolute atomic E-state index is 0.174. The van der Waals surface area contributed by atoms with Crippen LogP contribution in [0.25, 0.3) is 0 Å². The second-order valence-electron chi connectivity index (χ2n) is 4.30. The highest BCUT2D eigenvalue weighted by atomic mass is 16.5. The van der Waals surface area contributed by atoms with Crippen LogP contribution in [0.4, 0.5) is 0 Å². The number of nitrogens with zero attached hydrogens (tertiary/aromatic N) is 1. The Morgan fingerprint density at radius 2 is 2.12 bits per heavy atom. The van der Waals surface area contributed by atoms with Crippen LogP contribution in [0, 0.1) is 0 Å². The summed E-state index contributed by atoms with van der Waals surface area (Å²) >= 11 is 0. The van der Waals surface area contributed by atoms with Crippen LogP contribution in [-0.4, -0.2) is 30.3 Å². The lowest BCUT2D eigenvalue weighted by Crippen LogP contribution is -2.03. The van der Waals surface area contributed by atoms with Crippen LogP contribution < -0.4 is 0 Å². The predicted octanol–water partition coefficient (Wildman–Crippen LogP) is 1.95. The molecule has 0 radical (unpaired) electrons. The van der Waals surface area contributed by atoms with E-state index in [9.17, 15) is 0 Å². The van der Waals surface area contributed by atoms with E-state index in [1.807, 2.05) is 38.1 Å². The Morgan fingerprint density at radius 3 is 2.62 bits per heavy atom. The average Bonchev–Trinajstić information content (AvgIpc) is 2.75. The smallest absolute Gasteiger partial charge is 0.216 e. The van der Waals surface area contributed by atoms with E-state index < -0.39 is 0 Å². The SMILES string of the molecule is CC1COC(c2ccc(C(C)CO)cc2)=N1. The summed E-state index contributed by atoms with van der Waals surface area (Å²) in [6.45, 7) is 4.88. The standard InChI is InChI=1S/C13H17NO2/c1-9(7-15)11-3-5-12(6-4-11)13-14-10(2)8-16-13/h3-6,9-10,15H,7-8H2,1-2H3. The van der Waals surface area contributed by atoms with Crippen molar-refractivity contribution in [3.05, 3.63) is 35.4 Å². The summed E-state index contributed by atoms with van der Waals surface area (Å²) in [6.07, 6.45) is 0. The van der Waals surface area contributed by atoms with E-state index in [0.717, 1.165) is 17.0 Å². The largest absolute Gasteiger partial charge is 0.475 e. The molecule has 0 aliphatic carbocycles. The molecule has 0 bridgehead atoms. The Hall–Kier alpha value is -1.35. The van der Waals surface area contributed by atoms with Gasteiger partial charge in [-0.05, 0) is 24.6 Å². The Balaban J connectivity index is 2.16. The van der Waals surface area contributed by atoms with Crippen molar-refractivity contribution < 1.29 is 9.84 Å². The molecule has 1 aromatic carbocycles. The van der Waals surface area contributed by atoms with E-state index in [1.165, 1.54) is 0 Å². The van der Waals surface area contributed by atoms with Crippen LogP contribution in [-0.2, 0) is 4.74 Å². The molecule has 0 aromatic heterocycles. The van der Waals surface area contributed by atoms with Gasteiger partial charge in [-0.15, -0.1) is 0 Å². The number of rotatable bonds is 3. The summed E-state index contributed by atoms with van der Waals surface area (Å²) < 4.78 is 5.48. The first kappa shape index (κ1) is 11.1. The van der Waals surface area contributed by atoms with Crippen molar-refractivity contribution in [1.29, 1.82) is 0 Å². The normalized spacial score (nSPS) is 21.4. The molecule has 1 N–H and O–H groups in total. The third-order valence-electron chi connectivity index (χ3n) is 2.80.